The lowest BCUT2D eigenvalue weighted by atomic mass is 9.98. The van der Waals surface area contributed by atoms with E-state index in [1.807, 2.05) is 39.0 Å². The number of nitrogens with one attached hydrogen (secondary N) is 2. The van der Waals surface area contributed by atoms with Gasteiger partial charge >= 0.3 is 0 Å². The molecule has 1 amide bonds. The first-order valence-corrected chi connectivity index (χ1v) is 12.4. The summed E-state index contributed by atoms with van der Waals surface area (Å²) < 4.78 is 33.7. The van der Waals surface area contributed by atoms with E-state index >= 15 is 0 Å². The molecule has 0 saturated heterocycles. The average molecular weight is 475 g/mol. The number of anilines is 1. The number of carbonyl (C=O) groups is 1. The maximum Gasteiger partial charge on any atom is 0.270 e. The first kappa shape index (κ1) is 23.8. The highest BCUT2D eigenvalue weighted by atomic mass is 32.2. The molecule has 0 aliphatic heterocycles. The molecule has 32 heavy (non-hydrogen) atoms. The van der Waals surface area contributed by atoms with Crippen LogP contribution >= 0.6 is 11.3 Å². The molecule has 0 unspecified atom stereocenters. The van der Waals surface area contributed by atoms with Gasteiger partial charge in [0.2, 0.25) is 9.47 Å². The van der Waals surface area contributed by atoms with Gasteiger partial charge in [-0.05, 0) is 49.1 Å². The fraction of sp³-hybridized carbons (Fsp3) is 0.318. The normalized spacial score (nSPS) is 12.5. The summed E-state index contributed by atoms with van der Waals surface area (Å²) in [5.41, 5.74) is 2.22. The van der Waals surface area contributed by atoms with Crippen LogP contribution in [0, 0.1) is 12.8 Å². The summed E-state index contributed by atoms with van der Waals surface area (Å²) >= 11 is 0.805. The second-order valence-corrected chi connectivity index (χ2v) is 10.6. The maximum absolute atomic E-state index is 13.0. The van der Waals surface area contributed by atoms with Crippen LogP contribution in [0.3, 0.4) is 0 Å². The number of aryl methyl sites for hydroxylation is 1. The Morgan fingerprint density at radius 2 is 1.84 bits per heavy atom. The van der Waals surface area contributed by atoms with Crippen LogP contribution in [0.1, 0.15) is 47.8 Å². The van der Waals surface area contributed by atoms with Crippen molar-refractivity contribution in [3.63, 3.8) is 0 Å². The molecule has 0 aliphatic rings. The third-order valence-electron chi connectivity index (χ3n) is 4.66. The number of benzene rings is 2. The molecule has 0 spiro atoms. The molecule has 0 fully saturated rings. The van der Waals surface area contributed by atoms with Crippen molar-refractivity contribution in [2.45, 2.75) is 37.6 Å². The standard InChI is InChI=1S/C22H26N4O4S2/c1-14(2)12-19(16-8-10-18(30-4)11-9-16)26-32(28,29)22-25-24-21(31-22)23-20(27)17-7-5-6-15(3)13-17/h5-11,13-14,19,26H,12H2,1-4H3,(H,23,24,27)/t19-/m1/s1. The molecule has 3 aromatic rings. The molecular formula is C22H26N4O4S2. The summed E-state index contributed by atoms with van der Waals surface area (Å²) in [6.45, 7) is 5.93. The minimum absolute atomic E-state index is 0.113. The first-order valence-electron chi connectivity index (χ1n) is 10.1. The van der Waals surface area contributed by atoms with Crippen molar-refractivity contribution in [1.29, 1.82) is 0 Å². The largest absolute Gasteiger partial charge is 0.497 e. The van der Waals surface area contributed by atoms with Gasteiger partial charge in [-0.2, -0.15) is 0 Å². The van der Waals surface area contributed by atoms with E-state index in [-0.39, 0.29) is 21.3 Å². The average Bonchev–Trinajstić information content (AvgIpc) is 3.22. The Labute approximate surface area is 192 Å². The number of sulfonamides is 1. The molecule has 0 radical (unpaired) electrons. The van der Waals surface area contributed by atoms with Gasteiger partial charge in [0.25, 0.3) is 15.9 Å². The SMILES string of the molecule is COc1ccc([C@@H](CC(C)C)NS(=O)(=O)c2nnc(NC(=O)c3cccc(C)c3)s2)cc1. The molecule has 0 aliphatic carbocycles. The number of hydrogen-bond donors (Lipinski definition) is 2. The minimum Gasteiger partial charge on any atom is -0.497 e. The van der Waals surface area contributed by atoms with E-state index in [2.05, 4.69) is 20.2 Å². The van der Waals surface area contributed by atoms with Crippen LogP contribution < -0.4 is 14.8 Å². The zero-order valence-electron chi connectivity index (χ0n) is 18.3. The third kappa shape index (κ3) is 6.12. The monoisotopic (exact) mass is 474 g/mol. The van der Waals surface area contributed by atoms with Crippen LogP contribution in [0.15, 0.2) is 52.9 Å². The highest BCUT2D eigenvalue weighted by Crippen LogP contribution is 2.27. The number of amides is 1. The number of methoxy groups -OCH3 is 1. The van der Waals surface area contributed by atoms with Crippen LogP contribution in [0.5, 0.6) is 5.75 Å². The third-order valence-corrected chi connectivity index (χ3v) is 7.34. The summed E-state index contributed by atoms with van der Waals surface area (Å²) in [7, 11) is -2.37. The second kappa shape index (κ2) is 10.2. The summed E-state index contributed by atoms with van der Waals surface area (Å²) in [6, 6.07) is 13.9. The molecule has 1 atom stereocenters. The van der Waals surface area contributed by atoms with E-state index < -0.39 is 16.1 Å². The van der Waals surface area contributed by atoms with E-state index in [4.69, 9.17) is 4.74 Å². The number of hydrogen-bond acceptors (Lipinski definition) is 7. The van der Waals surface area contributed by atoms with Crippen molar-refractivity contribution < 1.29 is 17.9 Å². The number of rotatable bonds is 9. The molecule has 1 aromatic heterocycles. The van der Waals surface area contributed by atoms with Crippen molar-refractivity contribution in [2.75, 3.05) is 12.4 Å². The van der Waals surface area contributed by atoms with E-state index in [1.54, 1.807) is 37.4 Å². The minimum atomic E-state index is -3.94. The summed E-state index contributed by atoms with van der Waals surface area (Å²) in [5, 5.41) is 10.3. The fourth-order valence-electron chi connectivity index (χ4n) is 3.12. The van der Waals surface area contributed by atoms with Crippen LogP contribution in [-0.4, -0.2) is 31.6 Å². The summed E-state index contributed by atoms with van der Waals surface area (Å²) in [6.07, 6.45) is 0.599. The van der Waals surface area contributed by atoms with Gasteiger partial charge in [0.15, 0.2) is 0 Å². The van der Waals surface area contributed by atoms with Gasteiger partial charge in [-0.1, -0.05) is 55.0 Å². The predicted molar refractivity (Wildman–Crippen MR) is 125 cm³/mol. The number of ether oxygens (including phenoxy) is 1. The highest BCUT2D eigenvalue weighted by molar-refractivity contribution is 7.91. The topological polar surface area (TPSA) is 110 Å². The zero-order chi connectivity index (χ0) is 23.3. The van der Waals surface area contributed by atoms with E-state index in [1.165, 1.54) is 0 Å². The van der Waals surface area contributed by atoms with Crippen LogP contribution in [-0.2, 0) is 10.0 Å². The van der Waals surface area contributed by atoms with Crippen LogP contribution in [0.25, 0.3) is 0 Å². The van der Waals surface area contributed by atoms with Crippen molar-refractivity contribution in [3.05, 3.63) is 65.2 Å². The Balaban J connectivity index is 1.77. The van der Waals surface area contributed by atoms with Gasteiger partial charge in [0.05, 0.1) is 7.11 Å². The van der Waals surface area contributed by atoms with Gasteiger partial charge in [0, 0.05) is 11.6 Å². The number of aromatic nitrogens is 2. The summed E-state index contributed by atoms with van der Waals surface area (Å²) in [5.74, 6) is 0.569. The Morgan fingerprint density at radius 1 is 1.12 bits per heavy atom. The Bertz CT molecular complexity index is 1170. The molecular weight excluding hydrogens is 448 g/mol. The molecule has 0 saturated carbocycles. The predicted octanol–water partition coefficient (Wildman–Crippen LogP) is 4.17. The van der Waals surface area contributed by atoms with Crippen molar-refractivity contribution in [2.24, 2.45) is 5.92 Å². The second-order valence-electron chi connectivity index (χ2n) is 7.77. The Kier molecular flexibility index (Phi) is 7.60. The highest BCUT2D eigenvalue weighted by Gasteiger charge is 2.26. The van der Waals surface area contributed by atoms with Crippen molar-refractivity contribution in [3.8, 4) is 5.75 Å². The smallest absolute Gasteiger partial charge is 0.270 e. The van der Waals surface area contributed by atoms with Gasteiger partial charge < -0.3 is 4.74 Å². The first-order chi connectivity index (χ1) is 15.2. The fourth-order valence-corrected chi connectivity index (χ4v) is 5.27. The number of nitrogens with zero attached hydrogens (tertiary/aromatic N) is 2. The van der Waals surface area contributed by atoms with E-state index in [0.29, 0.717) is 17.7 Å². The van der Waals surface area contributed by atoms with Crippen LogP contribution in [0.2, 0.25) is 0 Å². The molecule has 3 rings (SSSR count). The molecule has 2 N–H and O–H groups in total. The lowest BCUT2D eigenvalue weighted by Gasteiger charge is -2.20. The van der Waals surface area contributed by atoms with Gasteiger partial charge in [-0.15, -0.1) is 10.2 Å². The van der Waals surface area contributed by atoms with Gasteiger partial charge in [-0.3, -0.25) is 10.1 Å². The Morgan fingerprint density at radius 3 is 2.47 bits per heavy atom. The van der Waals surface area contributed by atoms with Crippen LogP contribution in [0.4, 0.5) is 5.13 Å². The molecule has 2 aromatic carbocycles. The quantitative estimate of drug-likeness (QED) is 0.450. The lowest BCUT2D eigenvalue weighted by molar-refractivity contribution is 0.102. The van der Waals surface area contributed by atoms with Crippen molar-refractivity contribution >= 4 is 32.4 Å². The molecule has 1 heterocycles. The van der Waals surface area contributed by atoms with Gasteiger partial charge in [0.1, 0.15) is 5.75 Å². The lowest BCUT2D eigenvalue weighted by Crippen LogP contribution is -2.29. The number of carbonyl (C=O) groups excluding carboxylic acids is 1. The van der Waals surface area contributed by atoms with Crippen molar-refractivity contribution in [1.82, 2.24) is 14.9 Å². The van der Waals surface area contributed by atoms with E-state index in [0.717, 1.165) is 22.5 Å². The maximum atomic E-state index is 13.0. The molecule has 8 nitrogen and oxygen atoms in total. The molecule has 170 valence electrons. The zero-order valence-corrected chi connectivity index (χ0v) is 20.0. The Hall–Kier alpha value is -2.82. The molecule has 0 bridgehead atoms. The van der Waals surface area contributed by atoms with E-state index in [9.17, 15) is 13.2 Å². The summed E-state index contributed by atoms with van der Waals surface area (Å²) in [4.78, 5) is 12.4. The van der Waals surface area contributed by atoms with Gasteiger partial charge in [-0.25, -0.2) is 13.1 Å². The molecule has 10 heteroatoms.